The summed E-state index contributed by atoms with van der Waals surface area (Å²) in [6.07, 6.45) is 1.87. The van der Waals surface area contributed by atoms with Crippen LogP contribution >= 0.6 is 23.4 Å². The molecule has 0 aromatic heterocycles. The molecule has 1 unspecified atom stereocenters. The number of halogens is 1. The second-order valence-corrected chi connectivity index (χ2v) is 9.21. The molecule has 1 atom stereocenters. The summed E-state index contributed by atoms with van der Waals surface area (Å²) in [6.45, 7) is 1.06. The fourth-order valence-electron chi connectivity index (χ4n) is 3.93. The summed E-state index contributed by atoms with van der Waals surface area (Å²) >= 11 is 7.44. The van der Waals surface area contributed by atoms with Gasteiger partial charge in [-0.25, -0.2) is 0 Å². The van der Waals surface area contributed by atoms with Crippen molar-refractivity contribution in [2.45, 2.75) is 23.0 Å². The van der Waals surface area contributed by atoms with Gasteiger partial charge in [-0.15, -0.1) is 11.8 Å². The van der Waals surface area contributed by atoms with Crippen LogP contribution in [0.4, 0.5) is 11.4 Å². The van der Waals surface area contributed by atoms with E-state index in [0.29, 0.717) is 41.0 Å². The number of fused-ring (bicyclic) bond motifs is 1. The zero-order valence-corrected chi connectivity index (χ0v) is 19.9. The Kier molecular flexibility index (Phi) is 6.99. The highest BCUT2D eigenvalue weighted by molar-refractivity contribution is 8.01. The number of likely N-dealkylation sites (tertiary alicyclic amines) is 1. The molecule has 2 aliphatic rings. The Morgan fingerprint density at radius 3 is 2.52 bits per heavy atom. The lowest BCUT2D eigenvalue weighted by Gasteiger charge is -2.34. The third-order valence-corrected chi connectivity index (χ3v) is 7.12. The first-order valence-corrected chi connectivity index (χ1v) is 11.8. The molecule has 10 heteroatoms. The van der Waals surface area contributed by atoms with Gasteiger partial charge in [0, 0.05) is 24.1 Å². The number of nitrogens with zero attached hydrogens (tertiary/aromatic N) is 2. The fourth-order valence-corrected chi connectivity index (χ4v) is 5.36. The molecule has 0 spiro atoms. The Labute approximate surface area is 201 Å². The number of rotatable bonds is 6. The number of methoxy groups -OCH3 is 2. The maximum absolute atomic E-state index is 13.4. The van der Waals surface area contributed by atoms with Crippen molar-refractivity contribution in [3.63, 3.8) is 0 Å². The topological polar surface area (TPSA) is 88.2 Å². The first-order valence-electron chi connectivity index (χ1n) is 10.5. The molecule has 1 saturated heterocycles. The summed E-state index contributed by atoms with van der Waals surface area (Å²) in [4.78, 5) is 43.2. The Morgan fingerprint density at radius 2 is 1.82 bits per heavy atom. The molecule has 0 bridgehead atoms. The third kappa shape index (κ3) is 4.74. The summed E-state index contributed by atoms with van der Waals surface area (Å²) in [7, 11) is 2.95. The highest BCUT2D eigenvalue weighted by atomic mass is 35.5. The summed E-state index contributed by atoms with van der Waals surface area (Å²) in [5.41, 5.74) is 0.956. The molecule has 0 saturated carbocycles. The predicted molar refractivity (Wildman–Crippen MR) is 127 cm³/mol. The molecule has 2 aliphatic heterocycles. The second-order valence-electron chi connectivity index (χ2n) is 7.66. The Morgan fingerprint density at radius 1 is 1.12 bits per heavy atom. The second kappa shape index (κ2) is 9.93. The van der Waals surface area contributed by atoms with E-state index >= 15 is 0 Å². The van der Waals surface area contributed by atoms with Gasteiger partial charge in [0.1, 0.15) is 18.0 Å². The number of carbonyl (C=O) groups is 3. The molecule has 0 aliphatic carbocycles. The van der Waals surface area contributed by atoms with Crippen molar-refractivity contribution in [1.29, 1.82) is 0 Å². The quantitative estimate of drug-likeness (QED) is 0.625. The van der Waals surface area contributed by atoms with Crippen LogP contribution in [0.1, 0.15) is 12.8 Å². The number of amides is 3. The highest BCUT2D eigenvalue weighted by Crippen LogP contribution is 2.40. The van der Waals surface area contributed by atoms with Gasteiger partial charge < -0.3 is 24.6 Å². The molecule has 33 heavy (non-hydrogen) atoms. The first-order chi connectivity index (χ1) is 15.9. The van der Waals surface area contributed by atoms with Gasteiger partial charge in [-0.1, -0.05) is 23.7 Å². The van der Waals surface area contributed by atoms with E-state index in [0.717, 1.165) is 17.7 Å². The number of para-hydroxylation sites is 1. The molecule has 2 aromatic rings. The lowest BCUT2D eigenvalue weighted by atomic mass is 10.2. The van der Waals surface area contributed by atoms with Crippen molar-refractivity contribution >= 4 is 52.5 Å². The molecule has 2 aromatic carbocycles. The lowest BCUT2D eigenvalue weighted by molar-refractivity contribution is -0.134. The zero-order valence-electron chi connectivity index (χ0n) is 18.3. The van der Waals surface area contributed by atoms with E-state index in [-0.39, 0.29) is 12.5 Å². The minimum atomic E-state index is -0.907. The SMILES string of the molecule is COc1cc(OC)c(NC(=O)CN2C(=O)C(C(=O)N3CCCC3)Sc3ccccc32)cc1Cl. The number of hydrogen-bond acceptors (Lipinski definition) is 6. The van der Waals surface area contributed by atoms with Crippen molar-refractivity contribution in [3.05, 3.63) is 41.4 Å². The minimum absolute atomic E-state index is 0.203. The molecule has 3 amide bonds. The van der Waals surface area contributed by atoms with Crippen molar-refractivity contribution in [2.24, 2.45) is 0 Å². The van der Waals surface area contributed by atoms with Gasteiger partial charge >= 0.3 is 0 Å². The van der Waals surface area contributed by atoms with E-state index in [1.54, 1.807) is 23.1 Å². The van der Waals surface area contributed by atoms with Crippen LogP contribution in [0, 0.1) is 0 Å². The maximum atomic E-state index is 13.4. The predicted octanol–water partition coefficient (Wildman–Crippen LogP) is 3.43. The molecule has 1 N–H and O–H groups in total. The van der Waals surface area contributed by atoms with Crippen LogP contribution in [0.25, 0.3) is 0 Å². The smallest absolute Gasteiger partial charge is 0.250 e. The molecular formula is C23H24ClN3O5S. The number of anilines is 2. The van der Waals surface area contributed by atoms with E-state index in [1.807, 2.05) is 12.1 Å². The summed E-state index contributed by atoms with van der Waals surface area (Å²) in [5, 5.41) is 2.15. The average Bonchev–Trinajstić information content (AvgIpc) is 3.35. The number of ether oxygens (including phenoxy) is 2. The Balaban J connectivity index is 1.57. The van der Waals surface area contributed by atoms with Crippen LogP contribution in [-0.2, 0) is 14.4 Å². The third-order valence-electron chi connectivity index (χ3n) is 5.58. The number of hydrogen-bond donors (Lipinski definition) is 1. The van der Waals surface area contributed by atoms with E-state index < -0.39 is 17.1 Å². The van der Waals surface area contributed by atoms with Crippen molar-refractivity contribution in [1.82, 2.24) is 4.90 Å². The molecule has 0 radical (unpaired) electrons. The molecular weight excluding hydrogens is 466 g/mol. The van der Waals surface area contributed by atoms with Crippen LogP contribution in [0.2, 0.25) is 5.02 Å². The van der Waals surface area contributed by atoms with Crippen molar-refractivity contribution in [3.8, 4) is 11.5 Å². The Hall–Kier alpha value is -2.91. The number of nitrogens with one attached hydrogen (secondary N) is 1. The zero-order chi connectivity index (χ0) is 23.5. The van der Waals surface area contributed by atoms with Gasteiger partial charge in [-0.05, 0) is 31.0 Å². The normalized spacial score (nSPS) is 17.5. The van der Waals surface area contributed by atoms with E-state index in [4.69, 9.17) is 21.1 Å². The lowest BCUT2D eigenvalue weighted by Crippen LogP contribution is -2.51. The number of benzene rings is 2. The van der Waals surface area contributed by atoms with Crippen LogP contribution in [0.15, 0.2) is 41.3 Å². The number of thioether (sulfide) groups is 1. The van der Waals surface area contributed by atoms with Crippen molar-refractivity contribution < 1.29 is 23.9 Å². The molecule has 2 heterocycles. The highest BCUT2D eigenvalue weighted by Gasteiger charge is 2.41. The van der Waals surface area contributed by atoms with E-state index in [1.165, 1.54) is 36.9 Å². The van der Waals surface area contributed by atoms with Crippen LogP contribution in [0.3, 0.4) is 0 Å². The van der Waals surface area contributed by atoms with Gasteiger partial charge in [-0.2, -0.15) is 0 Å². The van der Waals surface area contributed by atoms with Gasteiger partial charge in [0.25, 0.3) is 5.91 Å². The Bertz CT molecular complexity index is 1090. The van der Waals surface area contributed by atoms with Gasteiger partial charge in [-0.3, -0.25) is 14.4 Å². The first kappa shape index (κ1) is 23.3. The van der Waals surface area contributed by atoms with E-state index in [9.17, 15) is 14.4 Å². The summed E-state index contributed by atoms with van der Waals surface area (Å²) < 4.78 is 10.5. The largest absolute Gasteiger partial charge is 0.495 e. The fraction of sp³-hybridized carbons (Fsp3) is 0.348. The monoisotopic (exact) mass is 489 g/mol. The van der Waals surface area contributed by atoms with Crippen LogP contribution < -0.4 is 19.7 Å². The molecule has 8 nitrogen and oxygen atoms in total. The van der Waals surface area contributed by atoms with Crippen LogP contribution in [0.5, 0.6) is 11.5 Å². The maximum Gasteiger partial charge on any atom is 0.250 e. The van der Waals surface area contributed by atoms with Crippen LogP contribution in [-0.4, -0.2) is 61.7 Å². The van der Waals surface area contributed by atoms with Gasteiger partial charge in [0.05, 0.1) is 30.6 Å². The minimum Gasteiger partial charge on any atom is -0.495 e. The summed E-state index contributed by atoms with van der Waals surface area (Å²) in [5.74, 6) is -0.270. The molecule has 174 valence electrons. The number of carbonyl (C=O) groups excluding carboxylic acids is 3. The standard InChI is InChI=1S/C23H24ClN3O5S/c1-31-17-12-18(32-2)15(11-14(17)24)25-20(28)13-27-16-7-3-4-8-19(16)33-21(23(27)30)22(29)26-9-5-6-10-26/h3-4,7-8,11-12,21H,5-6,9-10,13H2,1-2H3,(H,25,28). The average molecular weight is 490 g/mol. The van der Waals surface area contributed by atoms with Gasteiger partial charge in [0.2, 0.25) is 11.8 Å². The van der Waals surface area contributed by atoms with E-state index in [2.05, 4.69) is 5.32 Å². The van der Waals surface area contributed by atoms with Gasteiger partial charge in [0.15, 0.2) is 5.25 Å². The molecule has 4 rings (SSSR count). The molecule has 1 fully saturated rings. The van der Waals surface area contributed by atoms with Crippen molar-refractivity contribution in [2.75, 3.05) is 44.1 Å². The summed E-state index contributed by atoms with van der Waals surface area (Å²) in [6, 6.07) is 10.4.